The molecule has 0 heterocycles. The number of aliphatic hydroxyl groups excluding tert-OH is 1. The van der Waals surface area contributed by atoms with Gasteiger partial charge in [0, 0.05) is 6.04 Å². The maximum absolute atomic E-state index is 9.39. The van der Waals surface area contributed by atoms with E-state index in [0.717, 1.165) is 29.7 Å². The fraction of sp³-hybridized carbons (Fsp3) is 0.571. The van der Waals surface area contributed by atoms with Crippen molar-refractivity contribution in [3.8, 4) is 5.75 Å². The maximum atomic E-state index is 9.39. The second-order valence-electron chi connectivity index (χ2n) is 5.02. The first-order valence-corrected chi connectivity index (χ1v) is 6.22. The van der Waals surface area contributed by atoms with Crippen LogP contribution < -0.4 is 10.5 Å². The van der Waals surface area contributed by atoms with Crippen LogP contribution in [0.1, 0.15) is 24.0 Å². The molecule has 94 valence electrons. The Labute approximate surface area is 103 Å². The van der Waals surface area contributed by atoms with Gasteiger partial charge in [-0.15, -0.1) is 0 Å². The van der Waals surface area contributed by atoms with Crippen molar-refractivity contribution in [1.29, 1.82) is 0 Å². The topological polar surface area (TPSA) is 55.5 Å². The Bertz CT molecular complexity index is 388. The molecule has 1 aliphatic carbocycles. The molecular weight excluding hydrogens is 214 g/mol. The molecule has 2 rings (SSSR count). The predicted molar refractivity (Wildman–Crippen MR) is 68.1 cm³/mol. The first kappa shape index (κ1) is 12.4. The second-order valence-corrected chi connectivity index (χ2v) is 5.02. The van der Waals surface area contributed by atoms with Gasteiger partial charge in [-0.1, -0.05) is 12.1 Å². The average Bonchev–Trinajstić information content (AvgIpc) is 3.13. The summed E-state index contributed by atoms with van der Waals surface area (Å²) >= 11 is 0. The summed E-state index contributed by atoms with van der Waals surface area (Å²) < 4.78 is 5.86. The van der Waals surface area contributed by atoms with Crippen LogP contribution in [-0.4, -0.2) is 23.9 Å². The van der Waals surface area contributed by atoms with Crippen molar-refractivity contribution in [2.45, 2.75) is 38.8 Å². The van der Waals surface area contributed by atoms with Gasteiger partial charge in [-0.25, -0.2) is 0 Å². The number of aryl methyl sites for hydroxylation is 2. The zero-order valence-corrected chi connectivity index (χ0v) is 10.5. The summed E-state index contributed by atoms with van der Waals surface area (Å²) in [5.74, 6) is 1.36. The van der Waals surface area contributed by atoms with Crippen LogP contribution >= 0.6 is 0 Å². The molecule has 3 N–H and O–H groups in total. The molecular formula is C14H21NO2. The van der Waals surface area contributed by atoms with E-state index < -0.39 is 0 Å². The van der Waals surface area contributed by atoms with Gasteiger partial charge in [0.05, 0.1) is 6.61 Å². The van der Waals surface area contributed by atoms with Crippen molar-refractivity contribution in [2.24, 2.45) is 11.7 Å². The van der Waals surface area contributed by atoms with Crippen LogP contribution in [-0.2, 0) is 0 Å². The number of ether oxygens (including phenoxy) is 1. The fourth-order valence-corrected chi connectivity index (χ4v) is 2.02. The van der Waals surface area contributed by atoms with Gasteiger partial charge in [-0.2, -0.15) is 0 Å². The van der Waals surface area contributed by atoms with E-state index in [1.165, 1.54) is 0 Å². The van der Waals surface area contributed by atoms with Crippen molar-refractivity contribution in [3.05, 3.63) is 29.3 Å². The van der Waals surface area contributed by atoms with E-state index in [-0.39, 0.29) is 18.8 Å². The lowest BCUT2D eigenvalue weighted by Crippen LogP contribution is -2.43. The highest BCUT2D eigenvalue weighted by Crippen LogP contribution is 2.34. The van der Waals surface area contributed by atoms with Crippen LogP contribution in [0.2, 0.25) is 0 Å². The Balaban J connectivity index is 2.08. The Morgan fingerprint density at radius 3 is 2.71 bits per heavy atom. The zero-order valence-electron chi connectivity index (χ0n) is 10.5. The number of hydrogen-bond acceptors (Lipinski definition) is 3. The SMILES string of the molecule is Cc1ccc(C)c(OC(CO)C(N)C2CC2)c1. The molecule has 0 aliphatic heterocycles. The molecule has 3 heteroatoms. The summed E-state index contributed by atoms with van der Waals surface area (Å²) in [5, 5.41) is 9.39. The smallest absolute Gasteiger partial charge is 0.137 e. The first-order valence-electron chi connectivity index (χ1n) is 6.22. The molecule has 0 aromatic heterocycles. The second kappa shape index (κ2) is 5.07. The zero-order chi connectivity index (χ0) is 12.4. The monoisotopic (exact) mass is 235 g/mol. The highest BCUT2D eigenvalue weighted by atomic mass is 16.5. The minimum absolute atomic E-state index is 0.0228. The molecule has 0 bridgehead atoms. The third-order valence-corrected chi connectivity index (χ3v) is 3.40. The van der Waals surface area contributed by atoms with Gasteiger partial charge in [-0.3, -0.25) is 0 Å². The number of nitrogens with two attached hydrogens (primary N) is 1. The normalized spacial score (nSPS) is 18.8. The summed E-state index contributed by atoms with van der Waals surface area (Å²) in [6.07, 6.45) is 2.03. The van der Waals surface area contributed by atoms with Crippen molar-refractivity contribution in [1.82, 2.24) is 0 Å². The van der Waals surface area contributed by atoms with E-state index in [0.29, 0.717) is 5.92 Å². The van der Waals surface area contributed by atoms with Crippen LogP contribution in [0.5, 0.6) is 5.75 Å². The lowest BCUT2D eigenvalue weighted by molar-refractivity contribution is 0.0876. The molecule has 0 spiro atoms. The summed E-state index contributed by atoms with van der Waals surface area (Å²) in [6, 6.07) is 6.02. The van der Waals surface area contributed by atoms with E-state index in [2.05, 4.69) is 6.07 Å². The van der Waals surface area contributed by atoms with Gasteiger partial charge in [0.2, 0.25) is 0 Å². The van der Waals surface area contributed by atoms with Gasteiger partial charge >= 0.3 is 0 Å². The largest absolute Gasteiger partial charge is 0.486 e. The third kappa shape index (κ3) is 2.99. The van der Waals surface area contributed by atoms with Crippen LogP contribution in [0.15, 0.2) is 18.2 Å². The highest BCUT2D eigenvalue weighted by molar-refractivity contribution is 5.36. The minimum atomic E-state index is -0.289. The number of benzene rings is 1. The standard InChI is InChI=1S/C14H21NO2/c1-9-3-4-10(2)12(7-9)17-13(8-16)14(15)11-5-6-11/h3-4,7,11,13-14,16H,5-6,8,15H2,1-2H3. The summed E-state index contributed by atoms with van der Waals surface area (Å²) in [4.78, 5) is 0. The summed E-state index contributed by atoms with van der Waals surface area (Å²) in [7, 11) is 0. The van der Waals surface area contributed by atoms with Gasteiger partial charge < -0.3 is 15.6 Å². The van der Waals surface area contributed by atoms with E-state index in [4.69, 9.17) is 10.5 Å². The first-order chi connectivity index (χ1) is 8.11. The Hall–Kier alpha value is -1.06. The number of hydrogen-bond donors (Lipinski definition) is 2. The van der Waals surface area contributed by atoms with Gasteiger partial charge in [-0.05, 0) is 49.8 Å². The average molecular weight is 235 g/mol. The van der Waals surface area contributed by atoms with Gasteiger partial charge in [0.15, 0.2) is 0 Å². The molecule has 0 saturated heterocycles. The van der Waals surface area contributed by atoms with Crippen LogP contribution in [0, 0.1) is 19.8 Å². The van der Waals surface area contributed by atoms with E-state index in [1.54, 1.807) is 0 Å². The molecule has 17 heavy (non-hydrogen) atoms. The molecule has 1 fully saturated rings. The molecule has 1 saturated carbocycles. The molecule has 1 aliphatic rings. The van der Waals surface area contributed by atoms with Crippen LogP contribution in [0.4, 0.5) is 0 Å². The summed E-state index contributed by atoms with van der Waals surface area (Å²) in [5.41, 5.74) is 8.32. The Kier molecular flexibility index (Phi) is 3.69. The predicted octanol–water partition coefficient (Wildman–Crippen LogP) is 1.78. The van der Waals surface area contributed by atoms with Crippen LogP contribution in [0.25, 0.3) is 0 Å². The molecule has 2 unspecified atom stereocenters. The third-order valence-electron chi connectivity index (χ3n) is 3.40. The summed E-state index contributed by atoms with van der Waals surface area (Å²) in [6.45, 7) is 4.01. The van der Waals surface area contributed by atoms with E-state index in [1.807, 2.05) is 26.0 Å². The lowest BCUT2D eigenvalue weighted by atomic mass is 10.1. The van der Waals surface area contributed by atoms with Gasteiger partial charge in [0.1, 0.15) is 11.9 Å². The minimum Gasteiger partial charge on any atom is -0.486 e. The quantitative estimate of drug-likeness (QED) is 0.818. The van der Waals surface area contributed by atoms with Crippen molar-refractivity contribution >= 4 is 0 Å². The molecule has 1 aromatic carbocycles. The number of rotatable bonds is 5. The van der Waals surface area contributed by atoms with Gasteiger partial charge in [0.25, 0.3) is 0 Å². The molecule has 0 radical (unpaired) electrons. The lowest BCUT2D eigenvalue weighted by Gasteiger charge is -2.24. The van der Waals surface area contributed by atoms with Crippen molar-refractivity contribution in [3.63, 3.8) is 0 Å². The maximum Gasteiger partial charge on any atom is 0.137 e. The molecule has 2 atom stereocenters. The Morgan fingerprint density at radius 2 is 2.12 bits per heavy atom. The molecule has 1 aromatic rings. The molecule has 0 amide bonds. The fourth-order valence-electron chi connectivity index (χ4n) is 2.02. The Morgan fingerprint density at radius 1 is 1.41 bits per heavy atom. The molecule has 3 nitrogen and oxygen atoms in total. The number of aliphatic hydroxyl groups is 1. The van der Waals surface area contributed by atoms with Crippen LogP contribution in [0.3, 0.4) is 0 Å². The van der Waals surface area contributed by atoms with Crippen molar-refractivity contribution < 1.29 is 9.84 Å². The van der Waals surface area contributed by atoms with E-state index in [9.17, 15) is 5.11 Å². The van der Waals surface area contributed by atoms with Crippen molar-refractivity contribution in [2.75, 3.05) is 6.61 Å². The highest BCUT2D eigenvalue weighted by Gasteiger charge is 2.35. The van der Waals surface area contributed by atoms with E-state index >= 15 is 0 Å².